The largest absolute Gasteiger partial charge is 0.492 e. The van der Waals surface area contributed by atoms with E-state index < -0.39 is 0 Å². The molecule has 1 fully saturated rings. The second kappa shape index (κ2) is 8.01. The number of hydrogen-bond acceptors (Lipinski definition) is 3. The highest BCUT2D eigenvalue weighted by Gasteiger charge is 2.20. The molecule has 0 aliphatic heterocycles. The number of nitrogens with one attached hydrogen (secondary N) is 1. The summed E-state index contributed by atoms with van der Waals surface area (Å²) in [5.41, 5.74) is 1.28. The van der Waals surface area contributed by atoms with Gasteiger partial charge in [-0.15, -0.1) is 0 Å². The lowest BCUT2D eigenvalue weighted by atomic mass is 10.2. The predicted octanol–water partition coefficient (Wildman–Crippen LogP) is 3.42. The highest BCUT2D eigenvalue weighted by molar-refractivity contribution is 9.10. The van der Waals surface area contributed by atoms with Crippen LogP contribution >= 0.6 is 15.9 Å². The van der Waals surface area contributed by atoms with Gasteiger partial charge in [-0.2, -0.15) is 0 Å². The van der Waals surface area contributed by atoms with Crippen molar-refractivity contribution in [2.45, 2.75) is 39.3 Å². The molecule has 1 aliphatic rings. The molecule has 0 saturated heterocycles. The Morgan fingerprint density at radius 2 is 2.05 bits per heavy atom. The Balaban J connectivity index is 1.82. The average Bonchev–Trinajstić information content (AvgIpc) is 3.28. The summed E-state index contributed by atoms with van der Waals surface area (Å²) in [7, 11) is 0. The molecule has 0 radical (unpaired) electrons. The molecule has 1 aromatic rings. The molecule has 1 N–H and O–H groups in total. The third-order valence-corrected chi connectivity index (χ3v) is 4.52. The van der Waals surface area contributed by atoms with E-state index in [1.807, 2.05) is 6.07 Å². The van der Waals surface area contributed by atoms with Gasteiger partial charge in [0.2, 0.25) is 0 Å². The average molecular weight is 341 g/mol. The zero-order chi connectivity index (χ0) is 14.4. The molecule has 0 unspecified atom stereocenters. The van der Waals surface area contributed by atoms with Gasteiger partial charge in [-0.05, 0) is 49.7 Å². The first-order valence-electron chi connectivity index (χ1n) is 7.59. The first-order valence-corrected chi connectivity index (χ1v) is 8.39. The summed E-state index contributed by atoms with van der Waals surface area (Å²) in [5.74, 6) is 0.966. The lowest BCUT2D eigenvalue weighted by Gasteiger charge is -2.18. The summed E-state index contributed by atoms with van der Waals surface area (Å²) >= 11 is 3.61. The maximum atomic E-state index is 5.87. The molecule has 4 heteroatoms. The second-order valence-electron chi connectivity index (χ2n) is 5.28. The van der Waals surface area contributed by atoms with Crippen LogP contribution in [0, 0.1) is 0 Å². The van der Waals surface area contributed by atoms with Crippen molar-refractivity contribution >= 4 is 15.9 Å². The standard InChI is InChI=1S/C16H25BrN2O/c1-3-19(4-2)9-10-20-15-7-8-16(17)13(11-15)12-18-14-5-6-14/h7-8,11,14,18H,3-6,9-10,12H2,1-2H3. The topological polar surface area (TPSA) is 24.5 Å². The zero-order valence-electron chi connectivity index (χ0n) is 12.5. The summed E-state index contributed by atoms with van der Waals surface area (Å²) in [6.45, 7) is 9.18. The molecule has 3 nitrogen and oxygen atoms in total. The minimum atomic E-state index is 0.731. The Hall–Kier alpha value is -0.580. The van der Waals surface area contributed by atoms with Gasteiger partial charge in [0.05, 0.1) is 0 Å². The third kappa shape index (κ3) is 5.08. The highest BCUT2D eigenvalue weighted by atomic mass is 79.9. The monoisotopic (exact) mass is 340 g/mol. The van der Waals surface area contributed by atoms with Gasteiger partial charge in [-0.3, -0.25) is 0 Å². The smallest absolute Gasteiger partial charge is 0.119 e. The molecule has 20 heavy (non-hydrogen) atoms. The van der Waals surface area contributed by atoms with Crippen LogP contribution in [0.5, 0.6) is 5.75 Å². The molecule has 0 bridgehead atoms. The Morgan fingerprint density at radius 1 is 1.30 bits per heavy atom. The maximum Gasteiger partial charge on any atom is 0.119 e. The third-order valence-electron chi connectivity index (χ3n) is 3.75. The van der Waals surface area contributed by atoms with Crippen molar-refractivity contribution < 1.29 is 4.74 Å². The normalized spacial score (nSPS) is 14.8. The fraction of sp³-hybridized carbons (Fsp3) is 0.625. The predicted molar refractivity (Wildman–Crippen MR) is 87.3 cm³/mol. The molecular formula is C16H25BrN2O. The molecule has 0 amide bonds. The summed E-state index contributed by atoms with van der Waals surface area (Å²) in [4.78, 5) is 2.37. The lowest BCUT2D eigenvalue weighted by Crippen LogP contribution is -2.27. The van der Waals surface area contributed by atoms with Crippen LogP contribution in [0.3, 0.4) is 0 Å². The Bertz CT molecular complexity index is 417. The SMILES string of the molecule is CCN(CC)CCOc1ccc(Br)c(CNC2CC2)c1. The fourth-order valence-corrected chi connectivity index (χ4v) is 2.54. The molecule has 1 aliphatic carbocycles. The summed E-state index contributed by atoms with van der Waals surface area (Å²) in [6, 6.07) is 6.99. The van der Waals surface area contributed by atoms with Crippen molar-refractivity contribution in [3.8, 4) is 5.75 Å². The Labute approximate surface area is 130 Å². The van der Waals surface area contributed by atoms with Crippen molar-refractivity contribution in [2.75, 3.05) is 26.2 Å². The van der Waals surface area contributed by atoms with Crippen molar-refractivity contribution in [3.05, 3.63) is 28.2 Å². The van der Waals surface area contributed by atoms with E-state index in [0.717, 1.165) is 49.0 Å². The molecule has 0 atom stereocenters. The molecule has 1 aromatic carbocycles. The zero-order valence-corrected chi connectivity index (χ0v) is 14.1. The van der Waals surface area contributed by atoms with Crippen molar-refractivity contribution in [1.82, 2.24) is 10.2 Å². The van der Waals surface area contributed by atoms with Crippen LogP contribution in [0.15, 0.2) is 22.7 Å². The van der Waals surface area contributed by atoms with E-state index in [2.05, 4.69) is 52.1 Å². The van der Waals surface area contributed by atoms with Gasteiger partial charge in [-0.25, -0.2) is 0 Å². The maximum absolute atomic E-state index is 5.87. The number of likely N-dealkylation sites (N-methyl/N-ethyl adjacent to an activating group) is 1. The number of ether oxygens (including phenoxy) is 1. The van der Waals surface area contributed by atoms with E-state index in [1.54, 1.807) is 0 Å². The van der Waals surface area contributed by atoms with E-state index in [9.17, 15) is 0 Å². The van der Waals surface area contributed by atoms with Gasteiger partial charge in [0.15, 0.2) is 0 Å². The van der Waals surface area contributed by atoms with E-state index in [4.69, 9.17) is 4.74 Å². The van der Waals surface area contributed by atoms with Crippen molar-refractivity contribution in [2.24, 2.45) is 0 Å². The molecule has 1 saturated carbocycles. The number of nitrogens with zero attached hydrogens (tertiary/aromatic N) is 1. The Morgan fingerprint density at radius 3 is 2.70 bits per heavy atom. The Kier molecular flexibility index (Phi) is 6.33. The number of halogens is 1. The van der Waals surface area contributed by atoms with Gasteiger partial charge in [0.1, 0.15) is 12.4 Å². The van der Waals surface area contributed by atoms with Gasteiger partial charge in [0, 0.05) is 23.6 Å². The number of hydrogen-bond donors (Lipinski definition) is 1. The van der Waals surface area contributed by atoms with E-state index in [1.165, 1.54) is 18.4 Å². The molecule has 0 heterocycles. The van der Waals surface area contributed by atoms with Crippen LogP contribution in [0.4, 0.5) is 0 Å². The van der Waals surface area contributed by atoms with Crippen LogP contribution in [0.1, 0.15) is 32.3 Å². The molecular weight excluding hydrogens is 316 g/mol. The van der Waals surface area contributed by atoms with Crippen LogP contribution in [0.2, 0.25) is 0 Å². The molecule has 112 valence electrons. The number of benzene rings is 1. The van der Waals surface area contributed by atoms with E-state index >= 15 is 0 Å². The van der Waals surface area contributed by atoms with Crippen LogP contribution < -0.4 is 10.1 Å². The molecule has 0 spiro atoms. The van der Waals surface area contributed by atoms with Crippen molar-refractivity contribution in [3.63, 3.8) is 0 Å². The summed E-state index contributed by atoms with van der Waals surface area (Å²) < 4.78 is 7.02. The minimum absolute atomic E-state index is 0.731. The van der Waals surface area contributed by atoms with E-state index in [-0.39, 0.29) is 0 Å². The number of rotatable bonds is 9. The summed E-state index contributed by atoms with van der Waals surface area (Å²) in [6.07, 6.45) is 2.63. The highest BCUT2D eigenvalue weighted by Crippen LogP contribution is 2.25. The molecule has 2 rings (SSSR count). The van der Waals surface area contributed by atoms with Crippen molar-refractivity contribution in [1.29, 1.82) is 0 Å². The first-order chi connectivity index (χ1) is 9.72. The van der Waals surface area contributed by atoms with Crippen LogP contribution in [0.25, 0.3) is 0 Å². The fourth-order valence-electron chi connectivity index (χ4n) is 2.15. The van der Waals surface area contributed by atoms with Gasteiger partial charge >= 0.3 is 0 Å². The first kappa shape index (κ1) is 15.8. The quantitative estimate of drug-likeness (QED) is 0.745. The molecule has 0 aromatic heterocycles. The van der Waals surface area contributed by atoms with Crippen LogP contribution in [-0.2, 0) is 6.54 Å². The second-order valence-corrected chi connectivity index (χ2v) is 6.14. The summed E-state index contributed by atoms with van der Waals surface area (Å²) in [5, 5.41) is 3.54. The lowest BCUT2D eigenvalue weighted by molar-refractivity contribution is 0.222. The van der Waals surface area contributed by atoms with E-state index in [0.29, 0.717) is 0 Å². The van der Waals surface area contributed by atoms with Gasteiger partial charge in [0.25, 0.3) is 0 Å². The minimum Gasteiger partial charge on any atom is -0.492 e. The van der Waals surface area contributed by atoms with Crippen LogP contribution in [-0.4, -0.2) is 37.2 Å². The van der Waals surface area contributed by atoms with Gasteiger partial charge < -0.3 is 15.0 Å². The van der Waals surface area contributed by atoms with Gasteiger partial charge in [-0.1, -0.05) is 29.8 Å².